The summed E-state index contributed by atoms with van der Waals surface area (Å²) in [6.45, 7) is 18.0. The van der Waals surface area contributed by atoms with Gasteiger partial charge < -0.3 is 29.9 Å². The van der Waals surface area contributed by atoms with Gasteiger partial charge in [-0.3, -0.25) is 9.69 Å². The van der Waals surface area contributed by atoms with Crippen molar-refractivity contribution in [2.45, 2.75) is 109 Å². The molecule has 2 N–H and O–H groups in total. The predicted octanol–water partition coefficient (Wildman–Crippen LogP) is 7.06. The molecule has 0 radical (unpaired) electrons. The first-order chi connectivity index (χ1) is 22.6. The fraction of sp³-hybridized carbons (Fsp3) is 0.657. The summed E-state index contributed by atoms with van der Waals surface area (Å²) in [6, 6.07) is 3.92. The average molecular weight is 712 g/mol. The van der Waals surface area contributed by atoms with Gasteiger partial charge >= 0.3 is 12.3 Å². The van der Waals surface area contributed by atoms with E-state index >= 15 is 4.39 Å². The van der Waals surface area contributed by atoms with E-state index in [1.165, 1.54) is 6.07 Å². The van der Waals surface area contributed by atoms with Crippen molar-refractivity contribution in [1.82, 2.24) is 15.1 Å². The number of piperidine rings is 1. The van der Waals surface area contributed by atoms with Gasteiger partial charge in [-0.25, -0.2) is 9.18 Å². The quantitative estimate of drug-likeness (QED) is 0.221. The first-order valence-corrected chi connectivity index (χ1v) is 20.8. The number of benzene rings is 1. The molecule has 49 heavy (non-hydrogen) atoms. The molecule has 3 atom stereocenters. The zero-order valence-corrected chi connectivity index (χ0v) is 31.3. The second-order valence-corrected chi connectivity index (χ2v) is 21.4. The highest BCUT2D eigenvalue weighted by Gasteiger charge is 2.41. The minimum atomic E-state index is -4.81. The summed E-state index contributed by atoms with van der Waals surface area (Å²) in [5.41, 5.74) is -1.34. The number of carbonyl (C=O) groups is 2. The molecule has 0 aliphatic carbocycles. The van der Waals surface area contributed by atoms with Gasteiger partial charge in [0.1, 0.15) is 17.6 Å². The Morgan fingerprint density at radius 2 is 1.65 bits per heavy atom. The van der Waals surface area contributed by atoms with Crippen LogP contribution in [0.25, 0.3) is 0 Å². The fourth-order valence-corrected chi connectivity index (χ4v) is 7.03. The standard InChI is InChI=1S/C35H53F4N5O4Si/c1-22-20-44(21-23(2)42(22)6)30-18-28(36)25(24-10-12-43(13-11-24)33(46)48-34(3,4)5)16-29(30)41-32(45)26-19-40-31(17-27(26)35(37,38)39)47-14-15-49(7,8)9/h16-19,22-24,31,40H,10-15,20-21H2,1-9H3,(H,41,45)/t22-,23+,31?. The van der Waals surface area contributed by atoms with Crippen molar-refractivity contribution in [2.75, 3.05) is 50.1 Å². The molecule has 2 amide bonds. The number of hydrogen-bond donors (Lipinski definition) is 2. The van der Waals surface area contributed by atoms with Gasteiger partial charge in [-0.1, -0.05) is 19.6 Å². The Morgan fingerprint density at radius 3 is 2.20 bits per heavy atom. The third-order valence-corrected chi connectivity index (χ3v) is 11.1. The molecule has 0 saturated carbocycles. The lowest BCUT2D eigenvalue weighted by atomic mass is 9.88. The smallest absolute Gasteiger partial charge is 0.417 e. The summed E-state index contributed by atoms with van der Waals surface area (Å²) >= 11 is 0. The SMILES string of the molecule is C[C@@H]1CN(c2cc(F)c(C3CCN(C(=O)OC(C)(C)C)CC3)cc2NC(=O)C2=CNC(OCC[Si](C)(C)C)C=C2C(F)(F)F)C[C@H](C)N1C. The minimum Gasteiger partial charge on any atom is -0.444 e. The van der Waals surface area contributed by atoms with E-state index < -0.39 is 55.0 Å². The van der Waals surface area contributed by atoms with Gasteiger partial charge in [-0.15, -0.1) is 0 Å². The molecule has 9 nitrogen and oxygen atoms in total. The number of nitrogens with one attached hydrogen (secondary N) is 2. The summed E-state index contributed by atoms with van der Waals surface area (Å²) < 4.78 is 70.2. The third kappa shape index (κ3) is 10.2. The molecule has 1 unspecified atom stereocenters. The molecule has 4 rings (SSSR count). The Hall–Kier alpha value is -3.10. The van der Waals surface area contributed by atoms with Gasteiger partial charge in [0.05, 0.1) is 22.5 Å². The van der Waals surface area contributed by atoms with Crippen LogP contribution < -0.4 is 15.5 Å². The Morgan fingerprint density at radius 1 is 1.04 bits per heavy atom. The largest absolute Gasteiger partial charge is 0.444 e. The Bertz CT molecular complexity index is 1420. The zero-order chi connectivity index (χ0) is 36.5. The highest BCUT2D eigenvalue weighted by molar-refractivity contribution is 6.76. The van der Waals surface area contributed by atoms with Crippen molar-refractivity contribution < 1.29 is 36.6 Å². The van der Waals surface area contributed by atoms with Crippen molar-refractivity contribution in [3.8, 4) is 0 Å². The molecule has 274 valence electrons. The number of halogens is 4. The van der Waals surface area contributed by atoms with E-state index in [2.05, 4.69) is 35.2 Å². The molecule has 0 aromatic heterocycles. The van der Waals surface area contributed by atoms with E-state index in [1.807, 2.05) is 25.8 Å². The number of alkyl halides is 3. The van der Waals surface area contributed by atoms with E-state index in [0.29, 0.717) is 56.9 Å². The summed E-state index contributed by atoms with van der Waals surface area (Å²) in [5.74, 6) is -1.70. The van der Waals surface area contributed by atoms with Crippen LogP contribution in [-0.2, 0) is 14.3 Å². The Balaban J connectivity index is 1.62. The molecule has 2 saturated heterocycles. The molecule has 1 aromatic carbocycles. The molecule has 0 spiro atoms. The lowest BCUT2D eigenvalue weighted by Crippen LogP contribution is -2.55. The van der Waals surface area contributed by atoms with Crippen LogP contribution in [0.4, 0.5) is 33.7 Å². The van der Waals surface area contributed by atoms with Crippen LogP contribution >= 0.6 is 0 Å². The van der Waals surface area contributed by atoms with Crippen LogP contribution in [-0.4, -0.2) is 99.8 Å². The third-order valence-electron chi connectivity index (χ3n) is 9.35. The van der Waals surface area contributed by atoms with E-state index in [-0.39, 0.29) is 23.7 Å². The second kappa shape index (κ2) is 15.0. The topological polar surface area (TPSA) is 86.4 Å². The highest BCUT2D eigenvalue weighted by atomic mass is 28.3. The maximum Gasteiger partial charge on any atom is 0.417 e. The number of likely N-dealkylation sites (tertiary alicyclic amines) is 1. The lowest BCUT2D eigenvalue weighted by Gasteiger charge is -2.44. The first-order valence-electron chi connectivity index (χ1n) is 17.1. The monoisotopic (exact) mass is 711 g/mol. The fourth-order valence-electron chi connectivity index (χ4n) is 6.30. The number of hydrogen-bond acceptors (Lipinski definition) is 7. The van der Waals surface area contributed by atoms with Crippen LogP contribution in [0, 0.1) is 5.82 Å². The number of dihydropyridines is 1. The van der Waals surface area contributed by atoms with Crippen molar-refractivity contribution in [1.29, 1.82) is 0 Å². The molecular formula is C35H53F4N5O4Si. The van der Waals surface area contributed by atoms with E-state index in [0.717, 1.165) is 18.3 Å². The van der Waals surface area contributed by atoms with Gasteiger partial charge in [0.25, 0.3) is 5.91 Å². The van der Waals surface area contributed by atoms with Crippen molar-refractivity contribution in [3.05, 3.63) is 46.9 Å². The van der Waals surface area contributed by atoms with Gasteiger partial charge in [0.15, 0.2) is 0 Å². The van der Waals surface area contributed by atoms with E-state index in [4.69, 9.17) is 9.47 Å². The summed E-state index contributed by atoms with van der Waals surface area (Å²) in [5, 5.41) is 5.52. The highest BCUT2D eigenvalue weighted by Crippen LogP contribution is 2.39. The number of likely N-dealkylation sites (N-methyl/N-ethyl adjacent to an activating group) is 1. The van der Waals surface area contributed by atoms with Gasteiger partial charge in [0, 0.05) is 59.1 Å². The number of ether oxygens (including phenoxy) is 2. The van der Waals surface area contributed by atoms with Crippen LogP contribution in [0.15, 0.2) is 35.6 Å². The first kappa shape index (κ1) is 38.7. The molecule has 14 heteroatoms. The molecule has 0 bridgehead atoms. The van der Waals surface area contributed by atoms with Gasteiger partial charge in [-0.2, -0.15) is 13.2 Å². The maximum atomic E-state index is 16.0. The molecule has 1 aromatic rings. The molecule has 2 fully saturated rings. The predicted molar refractivity (Wildman–Crippen MR) is 187 cm³/mol. The van der Waals surface area contributed by atoms with Crippen molar-refractivity contribution in [3.63, 3.8) is 0 Å². The maximum absolute atomic E-state index is 16.0. The second-order valence-electron chi connectivity index (χ2n) is 15.8. The van der Waals surface area contributed by atoms with Crippen LogP contribution in [0.2, 0.25) is 25.7 Å². The average Bonchev–Trinajstić information content (AvgIpc) is 2.98. The van der Waals surface area contributed by atoms with Crippen LogP contribution in [0.5, 0.6) is 0 Å². The number of nitrogens with zero attached hydrogens (tertiary/aromatic N) is 3. The van der Waals surface area contributed by atoms with Crippen molar-refractivity contribution >= 4 is 31.4 Å². The molecular weight excluding hydrogens is 658 g/mol. The Labute approximate surface area is 289 Å². The van der Waals surface area contributed by atoms with Crippen LogP contribution in [0.1, 0.15) is 58.9 Å². The van der Waals surface area contributed by atoms with Gasteiger partial charge in [-0.05, 0) is 90.2 Å². The summed E-state index contributed by atoms with van der Waals surface area (Å²) in [4.78, 5) is 32.1. The Kier molecular flexibility index (Phi) is 11.9. The van der Waals surface area contributed by atoms with E-state index in [1.54, 1.807) is 31.7 Å². The molecule has 3 heterocycles. The number of carbonyl (C=O) groups excluding carboxylic acids is 2. The minimum absolute atomic E-state index is 0.107. The molecule has 3 aliphatic rings. The number of amides is 2. The van der Waals surface area contributed by atoms with Crippen LogP contribution in [0.3, 0.4) is 0 Å². The summed E-state index contributed by atoms with van der Waals surface area (Å²) in [7, 11) is 0.539. The van der Waals surface area contributed by atoms with Crippen molar-refractivity contribution in [2.24, 2.45) is 0 Å². The van der Waals surface area contributed by atoms with E-state index in [9.17, 15) is 22.8 Å². The normalized spacial score (nSPS) is 23.1. The number of rotatable bonds is 8. The molecule has 3 aliphatic heterocycles. The number of anilines is 2. The number of piperazine rings is 1. The zero-order valence-electron chi connectivity index (χ0n) is 30.3. The summed E-state index contributed by atoms with van der Waals surface area (Å²) in [6.07, 6.45) is -3.41. The lowest BCUT2D eigenvalue weighted by molar-refractivity contribution is -0.115. The van der Waals surface area contributed by atoms with Gasteiger partial charge in [0.2, 0.25) is 0 Å².